The first-order chi connectivity index (χ1) is 13.6. The number of hydrogen-bond donors (Lipinski definition) is 1. The number of nitrogens with one attached hydrogen (secondary N) is 1. The van der Waals surface area contributed by atoms with E-state index in [1.807, 2.05) is 18.5 Å². The molecule has 3 rings (SSSR count). The van der Waals surface area contributed by atoms with Crippen LogP contribution in [0.25, 0.3) is 0 Å². The van der Waals surface area contributed by atoms with Crippen molar-refractivity contribution in [3.05, 3.63) is 76.5 Å². The molecule has 8 heteroatoms. The summed E-state index contributed by atoms with van der Waals surface area (Å²) in [7, 11) is 4.11. The molecule has 1 N–H and O–H groups in total. The Labute approximate surface area is 198 Å². The highest BCUT2D eigenvalue weighted by molar-refractivity contribution is 14.0. The molecule has 0 saturated heterocycles. The number of aryl methyl sites for hydroxylation is 1. The topological polar surface area (TPSA) is 50.4 Å². The van der Waals surface area contributed by atoms with Crippen LogP contribution in [0.1, 0.15) is 24.0 Å². The third-order valence-corrected chi connectivity index (χ3v) is 4.97. The monoisotopic (exact) mass is 570 g/mol. The molecule has 2 aromatic heterocycles. The van der Waals surface area contributed by atoms with Crippen molar-refractivity contribution < 1.29 is 0 Å². The quantitative estimate of drug-likeness (QED) is 0.262. The molecule has 0 aliphatic rings. The Kier molecular flexibility index (Phi) is 9.22. The number of guanidine groups is 1. The minimum atomic E-state index is 0. The van der Waals surface area contributed by atoms with Gasteiger partial charge in [0, 0.05) is 55.9 Å². The fourth-order valence-electron chi connectivity index (χ4n) is 3.07. The van der Waals surface area contributed by atoms with E-state index in [4.69, 9.17) is 4.99 Å². The lowest BCUT2D eigenvalue weighted by molar-refractivity contribution is 0.461. The number of halogens is 2. The largest absolute Gasteiger partial charge is 0.357 e. The van der Waals surface area contributed by atoms with Gasteiger partial charge in [0.15, 0.2) is 5.96 Å². The summed E-state index contributed by atoms with van der Waals surface area (Å²) in [6, 6.07) is 12.5. The lowest BCUT2D eigenvalue weighted by atomic mass is 10.2. The summed E-state index contributed by atoms with van der Waals surface area (Å²) < 4.78 is 5.36. The molecule has 0 amide bonds. The molecular weight excluding hydrogens is 543 g/mol. The molecule has 3 aromatic rings. The van der Waals surface area contributed by atoms with E-state index in [0.717, 1.165) is 35.9 Å². The van der Waals surface area contributed by atoms with E-state index in [1.54, 1.807) is 0 Å². The summed E-state index contributed by atoms with van der Waals surface area (Å²) in [5, 5.41) is 3.38. The molecular formula is C21H28BrIN6. The number of aliphatic imine (C=N–C) groups is 1. The predicted molar refractivity (Wildman–Crippen MR) is 133 cm³/mol. The molecule has 0 aliphatic heterocycles. The summed E-state index contributed by atoms with van der Waals surface area (Å²) >= 11 is 3.54. The van der Waals surface area contributed by atoms with E-state index in [-0.39, 0.29) is 24.0 Å². The second-order valence-corrected chi connectivity index (χ2v) is 7.66. The van der Waals surface area contributed by atoms with Crippen molar-refractivity contribution in [2.75, 3.05) is 13.6 Å². The number of imidazole rings is 1. The predicted octanol–water partition coefficient (Wildman–Crippen LogP) is 4.25. The molecule has 29 heavy (non-hydrogen) atoms. The molecule has 1 aromatic carbocycles. The summed E-state index contributed by atoms with van der Waals surface area (Å²) in [4.78, 5) is 11.5. The molecule has 2 heterocycles. The standard InChI is InChI=1S/C21H27BrN6.HI/c1-4-23-21(27(3)16-19-12-18(22)15-26(19)2)25-13-20-24-10-11-28(20)14-17-8-6-5-7-9-17;/h5-12,15H,4,13-14,16H2,1-3H3,(H,23,25);1H. The van der Waals surface area contributed by atoms with Crippen molar-refractivity contribution in [2.45, 2.75) is 26.6 Å². The Bertz CT molecular complexity index is 918. The second kappa shape index (κ2) is 11.4. The van der Waals surface area contributed by atoms with Crippen LogP contribution in [0.15, 0.2) is 64.5 Å². The van der Waals surface area contributed by atoms with Crippen LogP contribution in [-0.4, -0.2) is 38.6 Å². The average molecular weight is 571 g/mol. The van der Waals surface area contributed by atoms with Crippen LogP contribution in [0.5, 0.6) is 0 Å². The summed E-state index contributed by atoms with van der Waals surface area (Å²) in [5.74, 6) is 1.82. The van der Waals surface area contributed by atoms with Gasteiger partial charge in [0.05, 0.1) is 6.54 Å². The van der Waals surface area contributed by atoms with Gasteiger partial charge >= 0.3 is 0 Å². The fourth-order valence-corrected chi connectivity index (χ4v) is 3.64. The van der Waals surface area contributed by atoms with E-state index in [9.17, 15) is 0 Å². The Morgan fingerprint density at radius 3 is 2.69 bits per heavy atom. The van der Waals surface area contributed by atoms with Crippen LogP contribution in [-0.2, 0) is 26.7 Å². The smallest absolute Gasteiger partial charge is 0.194 e. The normalized spacial score (nSPS) is 11.2. The van der Waals surface area contributed by atoms with Gasteiger partial charge in [0.2, 0.25) is 0 Å². The van der Waals surface area contributed by atoms with Gasteiger partial charge in [-0.25, -0.2) is 9.98 Å². The maximum atomic E-state index is 4.82. The van der Waals surface area contributed by atoms with Crippen molar-refractivity contribution in [3.8, 4) is 0 Å². The Balaban J connectivity index is 0.00000300. The minimum Gasteiger partial charge on any atom is -0.357 e. The highest BCUT2D eigenvalue weighted by atomic mass is 127. The van der Waals surface area contributed by atoms with Crippen LogP contribution in [0, 0.1) is 0 Å². The third kappa shape index (κ3) is 6.60. The van der Waals surface area contributed by atoms with Gasteiger partial charge in [0.25, 0.3) is 0 Å². The zero-order valence-electron chi connectivity index (χ0n) is 17.0. The van der Waals surface area contributed by atoms with Crippen LogP contribution in [0.2, 0.25) is 0 Å². The van der Waals surface area contributed by atoms with Crippen LogP contribution in [0.3, 0.4) is 0 Å². The van der Waals surface area contributed by atoms with Crippen LogP contribution < -0.4 is 5.32 Å². The van der Waals surface area contributed by atoms with Crippen molar-refractivity contribution in [1.29, 1.82) is 0 Å². The van der Waals surface area contributed by atoms with E-state index in [2.05, 4.69) is 97.8 Å². The maximum absolute atomic E-state index is 4.82. The summed E-state index contributed by atoms with van der Waals surface area (Å²) in [6.07, 6.45) is 5.91. The second-order valence-electron chi connectivity index (χ2n) is 6.74. The summed E-state index contributed by atoms with van der Waals surface area (Å²) in [5.41, 5.74) is 2.47. The van der Waals surface area contributed by atoms with Gasteiger partial charge in [-0.05, 0) is 34.5 Å². The van der Waals surface area contributed by atoms with E-state index in [1.165, 1.54) is 11.3 Å². The Morgan fingerprint density at radius 1 is 1.28 bits per heavy atom. The van der Waals surface area contributed by atoms with E-state index >= 15 is 0 Å². The lowest BCUT2D eigenvalue weighted by Crippen LogP contribution is -2.38. The first-order valence-corrected chi connectivity index (χ1v) is 10.2. The van der Waals surface area contributed by atoms with Crippen molar-refractivity contribution in [2.24, 2.45) is 12.0 Å². The highest BCUT2D eigenvalue weighted by Crippen LogP contribution is 2.15. The number of benzene rings is 1. The number of hydrogen-bond acceptors (Lipinski definition) is 2. The van der Waals surface area contributed by atoms with E-state index in [0.29, 0.717) is 6.54 Å². The van der Waals surface area contributed by atoms with Gasteiger partial charge < -0.3 is 19.4 Å². The number of rotatable bonds is 7. The molecule has 0 spiro atoms. The zero-order valence-corrected chi connectivity index (χ0v) is 21.0. The SMILES string of the molecule is CCNC(=NCc1nccn1Cc1ccccc1)N(C)Cc1cc(Br)cn1C.I. The third-order valence-electron chi connectivity index (χ3n) is 4.54. The Hall–Kier alpha value is -1.81. The molecule has 0 radical (unpaired) electrons. The summed E-state index contributed by atoms with van der Waals surface area (Å²) in [6.45, 7) is 5.00. The number of nitrogens with zero attached hydrogens (tertiary/aromatic N) is 5. The molecule has 0 atom stereocenters. The van der Waals surface area contributed by atoms with Crippen molar-refractivity contribution >= 4 is 45.9 Å². The van der Waals surface area contributed by atoms with Crippen molar-refractivity contribution in [1.82, 2.24) is 24.3 Å². The van der Waals surface area contributed by atoms with Gasteiger partial charge in [-0.2, -0.15) is 0 Å². The van der Waals surface area contributed by atoms with E-state index < -0.39 is 0 Å². The highest BCUT2D eigenvalue weighted by Gasteiger charge is 2.11. The molecule has 0 bridgehead atoms. The number of aromatic nitrogens is 3. The zero-order chi connectivity index (χ0) is 19.9. The van der Waals surface area contributed by atoms with Gasteiger partial charge in [-0.1, -0.05) is 30.3 Å². The van der Waals surface area contributed by atoms with Crippen LogP contribution in [0.4, 0.5) is 0 Å². The molecule has 6 nitrogen and oxygen atoms in total. The van der Waals surface area contributed by atoms with Gasteiger partial charge in [0.1, 0.15) is 12.4 Å². The minimum absolute atomic E-state index is 0. The van der Waals surface area contributed by atoms with Gasteiger partial charge in [-0.15, -0.1) is 24.0 Å². The average Bonchev–Trinajstić information content (AvgIpc) is 3.25. The molecule has 0 aliphatic carbocycles. The molecule has 0 unspecified atom stereocenters. The van der Waals surface area contributed by atoms with Crippen LogP contribution >= 0.6 is 39.9 Å². The molecule has 0 saturated carbocycles. The molecule has 156 valence electrons. The van der Waals surface area contributed by atoms with Crippen molar-refractivity contribution in [3.63, 3.8) is 0 Å². The van der Waals surface area contributed by atoms with Gasteiger partial charge in [-0.3, -0.25) is 0 Å². The Morgan fingerprint density at radius 2 is 2.03 bits per heavy atom. The first-order valence-electron chi connectivity index (χ1n) is 9.41. The molecule has 0 fully saturated rings. The fraction of sp³-hybridized carbons (Fsp3) is 0.333. The maximum Gasteiger partial charge on any atom is 0.194 e. The lowest BCUT2D eigenvalue weighted by Gasteiger charge is -2.22. The first kappa shape index (κ1) is 23.5.